The summed E-state index contributed by atoms with van der Waals surface area (Å²) in [7, 11) is 0. The van der Waals surface area contributed by atoms with Crippen molar-refractivity contribution in [2.75, 3.05) is 11.5 Å². The van der Waals surface area contributed by atoms with Crippen molar-refractivity contribution in [3.63, 3.8) is 0 Å². The molecule has 1 atom stereocenters. The van der Waals surface area contributed by atoms with Crippen LogP contribution in [0.3, 0.4) is 0 Å². The van der Waals surface area contributed by atoms with Crippen molar-refractivity contribution in [1.82, 2.24) is 0 Å². The highest BCUT2D eigenvalue weighted by atomic mass is 16.5. The topological polar surface area (TPSA) is 83.9 Å². The number of rotatable bonds is 5. The van der Waals surface area contributed by atoms with Crippen molar-refractivity contribution in [1.29, 1.82) is 0 Å². The molecule has 1 N–H and O–H groups in total. The van der Waals surface area contributed by atoms with E-state index < -0.39 is 23.7 Å². The van der Waals surface area contributed by atoms with Crippen LogP contribution in [0, 0.1) is 13.8 Å². The first-order chi connectivity index (χ1) is 18.0. The molecule has 3 aromatic carbocycles. The van der Waals surface area contributed by atoms with E-state index in [-0.39, 0.29) is 23.4 Å². The number of aliphatic hydroxyl groups is 1. The summed E-state index contributed by atoms with van der Waals surface area (Å²) >= 11 is 0. The summed E-state index contributed by atoms with van der Waals surface area (Å²) in [6.45, 7) is 12.0. The average molecular weight is 512 g/mol. The predicted molar refractivity (Wildman–Crippen MR) is 148 cm³/mol. The lowest BCUT2D eigenvalue weighted by Gasteiger charge is -2.27. The van der Waals surface area contributed by atoms with Crippen molar-refractivity contribution in [2.24, 2.45) is 0 Å². The van der Waals surface area contributed by atoms with Crippen LogP contribution < -0.4 is 4.90 Å². The number of carbonyl (C=O) groups excluding carboxylic acids is 3. The maximum atomic E-state index is 13.6. The fraction of sp³-hybridized carbons (Fsp3) is 0.281. The predicted octanol–water partition coefficient (Wildman–Crippen LogP) is 6.40. The van der Waals surface area contributed by atoms with Crippen LogP contribution in [-0.2, 0) is 19.7 Å². The summed E-state index contributed by atoms with van der Waals surface area (Å²) in [6, 6.07) is 18.8. The van der Waals surface area contributed by atoms with Gasteiger partial charge >= 0.3 is 5.97 Å². The number of esters is 1. The summed E-state index contributed by atoms with van der Waals surface area (Å²) in [5.74, 6) is -2.17. The highest BCUT2D eigenvalue weighted by molar-refractivity contribution is 6.51. The second-order valence-corrected chi connectivity index (χ2v) is 10.6. The molecule has 0 bridgehead atoms. The molecular formula is C32H33NO5. The number of carbonyl (C=O) groups is 3. The average Bonchev–Trinajstić information content (AvgIpc) is 3.13. The molecule has 0 aliphatic carbocycles. The maximum Gasteiger partial charge on any atom is 0.338 e. The van der Waals surface area contributed by atoms with E-state index in [9.17, 15) is 19.5 Å². The molecule has 4 rings (SSSR count). The Morgan fingerprint density at radius 2 is 1.61 bits per heavy atom. The second-order valence-electron chi connectivity index (χ2n) is 10.6. The van der Waals surface area contributed by atoms with E-state index >= 15 is 0 Å². The number of amides is 1. The Labute approximate surface area is 223 Å². The quantitative estimate of drug-likeness (QED) is 0.185. The Hall–Kier alpha value is -4.19. The Bertz CT molecular complexity index is 1440. The van der Waals surface area contributed by atoms with Crippen molar-refractivity contribution in [3.8, 4) is 0 Å². The van der Waals surface area contributed by atoms with E-state index in [2.05, 4.69) is 20.8 Å². The van der Waals surface area contributed by atoms with Crippen LogP contribution in [0.25, 0.3) is 5.76 Å². The van der Waals surface area contributed by atoms with Gasteiger partial charge in [0.2, 0.25) is 0 Å². The van der Waals surface area contributed by atoms with E-state index in [1.54, 1.807) is 31.2 Å². The van der Waals surface area contributed by atoms with Crippen molar-refractivity contribution in [3.05, 3.63) is 106 Å². The number of nitrogens with zero attached hydrogens (tertiary/aromatic N) is 1. The minimum absolute atomic E-state index is 0.0351. The lowest BCUT2D eigenvalue weighted by molar-refractivity contribution is -0.132. The Kier molecular flexibility index (Phi) is 7.27. The number of ether oxygens (including phenoxy) is 1. The van der Waals surface area contributed by atoms with Gasteiger partial charge in [-0.15, -0.1) is 0 Å². The van der Waals surface area contributed by atoms with Gasteiger partial charge in [0.15, 0.2) is 0 Å². The number of anilines is 1. The molecule has 38 heavy (non-hydrogen) atoms. The highest BCUT2D eigenvalue weighted by Crippen LogP contribution is 2.43. The highest BCUT2D eigenvalue weighted by Gasteiger charge is 2.47. The smallest absolute Gasteiger partial charge is 0.338 e. The molecule has 1 aliphatic heterocycles. The molecule has 0 aromatic heterocycles. The van der Waals surface area contributed by atoms with Gasteiger partial charge < -0.3 is 9.84 Å². The van der Waals surface area contributed by atoms with Crippen LogP contribution >= 0.6 is 0 Å². The zero-order valence-electron chi connectivity index (χ0n) is 22.7. The molecule has 0 radical (unpaired) electrons. The van der Waals surface area contributed by atoms with Gasteiger partial charge in [-0.3, -0.25) is 14.5 Å². The Morgan fingerprint density at radius 1 is 0.947 bits per heavy atom. The number of aliphatic hydroxyl groups excluding tert-OH is 1. The zero-order chi connectivity index (χ0) is 27.8. The van der Waals surface area contributed by atoms with Gasteiger partial charge in [-0.2, -0.15) is 0 Å². The van der Waals surface area contributed by atoms with Crippen molar-refractivity contribution >= 4 is 29.1 Å². The summed E-state index contributed by atoms with van der Waals surface area (Å²) in [4.78, 5) is 40.6. The molecule has 196 valence electrons. The zero-order valence-corrected chi connectivity index (χ0v) is 22.7. The van der Waals surface area contributed by atoms with Gasteiger partial charge in [-0.05, 0) is 78.8 Å². The van der Waals surface area contributed by atoms with Crippen LogP contribution in [0.15, 0.2) is 72.3 Å². The van der Waals surface area contributed by atoms with Crippen LogP contribution in [0.2, 0.25) is 0 Å². The molecule has 1 saturated heterocycles. The molecule has 1 fully saturated rings. The van der Waals surface area contributed by atoms with Gasteiger partial charge in [0, 0.05) is 11.3 Å². The summed E-state index contributed by atoms with van der Waals surface area (Å²) < 4.78 is 5.07. The molecule has 6 heteroatoms. The number of Topliss-reactive ketones (excluding diaryl/α,β-unsaturated/α-hetero) is 1. The number of aryl methyl sites for hydroxylation is 2. The maximum absolute atomic E-state index is 13.6. The molecule has 1 amide bonds. The summed E-state index contributed by atoms with van der Waals surface area (Å²) in [5, 5.41) is 11.7. The molecule has 3 aromatic rings. The van der Waals surface area contributed by atoms with Gasteiger partial charge in [0.05, 0.1) is 23.8 Å². The van der Waals surface area contributed by atoms with E-state index in [1.807, 2.05) is 56.3 Å². The normalized spacial score (nSPS) is 17.1. The molecule has 6 nitrogen and oxygen atoms in total. The number of hydrogen-bond acceptors (Lipinski definition) is 5. The SMILES string of the molecule is CCOC(=O)c1ccc(N2C(=O)C(=O)/C(=C(/O)c3cc(C(C)(C)C)ccc3C)C2c2ccccc2C)cc1. The third kappa shape index (κ3) is 4.86. The van der Waals surface area contributed by atoms with E-state index in [1.165, 1.54) is 4.90 Å². The second kappa shape index (κ2) is 10.3. The van der Waals surface area contributed by atoms with Crippen LogP contribution in [-0.4, -0.2) is 29.4 Å². The monoisotopic (exact) mass is 511 g/mol. The molecule has 1 aliphatic rings. The van der Waals surface area contributed by atoms with Gasteiger partial charge in [-0.25, -0.2) is 4.79 Å². The Morgan fingerprint density at radius 3 is 2.21 bits per heavy atom. The van der Waals surface area contributed by atoms with Gasteiger partial charge in [0.25, 0.3) is 11.7 Å². The first-order valence-corrected chi connectivity index (χ1v) is 12.7. The lowest BCUT2D eigenvalue weighted by atomic mass is 9.84. The summed E-state index contributed by atoms with van der Waals surface area (Å²) in [5.41, 5.74) is 4.56. The third-order valence-electron chi connectivity index (χ3n) is 6.94. The summed E-state index contributed by atoms with van der Waals surface area (Å²) in [6.07, 6.45) is 0. The standard InChI is InChI=1S/C32H33NO5/c1-7-38-31(37)21-13-16-23(17-14-21)33-27(24-11-9-8-10-19(24)2)26(29(35)30(33)36)28(34)25-18-22(32(4,5)6)15-12-20(25)3/h8-18,27,34H,7H2,1-6H3/b28-26+. The first kappa shape index (κ1) is 26.9. The fourth-order valence-corrected chi connectivity index (χ4v) is 4.75. The number of benzene rings is 3. The van der Waals surface area contributed by atoms with Gasteiger partial charge in [-0.1, -0.05) is 57.2 Å². The van der Waals surface area contributed by atoms with Gasteiger partial charge in [0.1, 0.15) is 5.76 Å². The molecule has 1 unspecified atom stereocenters. The molecule has 0 saturated carbocycles. The molecule has 1 heterocycles. The van der Waals surface area contributed by atoms with Crippen LogP contribution in [0.1, 0.15) is 71.9 Å². The van der Waals surface area contributed by atoms with Crippen LogP contribution in [0.4, 0.5) is 5.69 Å². The minimum atomic E-state index is -0.845. The minimum Gasteiger partial charge on any atom is -0.507 e. The number of hydrogen-bond donors (Lipinski definition) is 1. The molecular weight excluding hydrogens is 478 g/mol. The van der Waals surface area contributed by atoms with Crippen molar-refractivity contribution < 1.29 is 24.2 Å². The number of ketones is 1. The fourth-order valence-electron chi connectivity index (χ4n) is 4.75. The van der Waals surface area contributed by atoms with Crippen molar-refractivity contribution in [2.45, 2.75) is 53.0 Å². The Balaban J connectivity index is 1.93. The third-order valence-corrected chi connectivity index (χ3v) is 6.94. The lowest BCUT2D eigenvalue weighted by Crippen LogP contribution is -2.29. The van der Waals surface area contributed by atoms with Crippen LogP contribution in [0.5, 0.6) is 0 Å². The van der Waals surface area contributed by atoms with E-state index in [0.717, 1.165) is 22.3 Å². The van der Waals surface area contributed by atoms with E-state index in [0.29, 0.717) is 16.8 Å². The largest absolute Gasteiger partial charge is 0.507 e. The van der Waals surface area contributed by atoms with E-state index in [4.69, 9.17) is 4.74 Å². The molecule has 0 spiro atoms. The first-order valence-electron chi connectivity index (χ1n) is 12.7.